The van der Waals surface area contributed by atoms with Gasteiger partial charge in [-0.2, -0.15) is 0 Å². The molecule has 0 fully saturated rings. The minimum Gasteiger partial charge on any atom is -0.492 e. The molecule has 3 nitrogen and oxygen atoms in total. The summed E-state index contributed by atoms with van der Waals surface area (Å²) in [7, 11) is 0. The first-order valence-electron chi connectivity index (χ1n) is 9.33. The van der Waals surface area contributed by atoms with E-state index in [9.17, 15) is 4.79 Å². The van der Waals surface area contributed by atoms with Crippen molar-refractivity contribution in [3.8, 4) is 5.75 Å². The largest absolute Gasteiger partial charge is 0.492 e. The molecular weight excluding hydrogens is 348 g/mol. The van der Waals surface area contributed by atoms with E-state index in [4.69, 9.17) is 21.1 Å². The van der Waals surface area contributed by atoms with Crippen molar-refractivity contribution in [2.45, 2.75) is 44.4 Å². The zero-order chi connectivity index (χ0) is 18.1. The molecule has 0 saturated heterocycles. The molecule has 0 N–H and O–H groups in total. The van der Waals surface area contributed by atoms with Crippen LogP contribution in [0.5, 0.6) is 5.75 Å². The van der Waals surface area contributed by atoms with Crippen molar-refractivity contribution in [1.82, 2.24) is 0 Å². The molecule has 4 rings (SSSR count). The van der Waals surface area contributed by atoms with Gasteiger partial charge in [0, 0.05) is 10.4 Å². The summed E-state index contributed by atoms with van der Waals surface area (Å²) in [6, 6.07) is 11.9. The molecule has 1 atom stereocenters. The number of aryl methyl sites for hydroxylation is 2. The maximum Gasteiger partial charge on any atom is 0.338 e. The lowest BCUT2D eigenvalue weighted by atomic mass is 9.68. The molecular formula is C22H23ClO3. The van der Waals surface area contributed by atoms with Crippen LogP contribution in [0.15, 0.2) is 36.4 Å². The van der Waals surface area contributed by atoms with Crippen LogP contribution in [0.2, 0.25) is 5.02 Å². The first kappa shape index (κ1) is 17.4. The standard InChI is InChI=1S/C22H23ClO3/c1-2-25-21(24)17-5-8-20-16(12-17)9-11-22(14-26-20)10-3-4-15-13-18(23)6-7-19(15)22/h5-8,12-13H,2-4,9-11,14H2,1H3/t22-/m0/s1. The smallest absolute Gasteiger partial charge is 0.338 e. The summed E-state index contributed by atoms with van der Waals surface area (Å²) in [5.41, 5.74) is 4.45. The van der Waals surface area contributed by atoms with Gasteiger partial charge in [-0.3, -0.25) is 0 Å². The van der Waals surface area contributed by atoms with Gasteiger partial charge in [0.1, 0.15) is 5.75 Å². The van der Waals surface area contributed by atoms with Crippen LogP contribution in [0.1, 0.15) is 53.2 Å². The van der Waals surface area contributed by atoms with E-state index in [2.05, 4.69) is 12.1 Å². The van der Waals surface area contributed by atoms with Crippen molar-refractivity contribution in [1.29, 1.82) is 0 Å². The van der Waals surface area contributed by atoms with Crippen LogP contribution in [0, 0.1) is 0 Å². The lowest BCUT2D eigenvalue weighted by Crippen LogP contribution is -2.36. The number of fused-ring (bicyclic) bond motifs is 3. The highest BCUT2D eigenvalue weighted by atomic mass is 35.5. The van der Waals surface area contributed by atoms with E-state index < -0.39 is 0 Å². The number of carbonyl (C=O) groups excluding carboxylic acids is 1. The fourth-order valence-electron chi connectivity index (χ4n) is 4.37. The third-order valence-corrected chi connectivity index (χ3v) is 5.92. The van der Waals surface area contributed by atoms with Gasteiger partial charge in [-0.1, -0.05) is 17.7 Å². The quantitative estimate of drug-likeness (QED) is 0.688. The number of halogens is 1. The average molecular weight is 371 g/mol. The van der Waals surface area contributed by atoms with Crippen LogP contribution in [0.25, 0.3) is 0 Å². The van der Waals surface area contributed by atoms with Crippen molar-refractivity contribution < 1.29 is 14.3 Å². The van der Waals surface area contributed by atoms with Gasteiger partial charge in [0.25, 0.3) is 0 Å². The second kappa shape index (κ2) is 6.96. The van der Waals surface area contributed by atoms with Gasteiger partial charge in [-0.25, -0.2) is 4.79 Å². The maximum atomic E-state index is 12.0. The molecule has 1 spiro atoms. The van der Waals surface area contributed by atoms with Gasteiger partial charge in [-0.05, 0) is 86.1 Å². The van der Waals surface area contributed by atoms with E-state index >= 15 is 0 Å². The average Bonchev–Trinajstić information content (AvgIpc) is 2.82. The Hall–Kier alpha value is -2.00. The summed E-state index contributed by atoms with van der Waals surface area (Å²) < 4.78 is 11.4. The number of rotatable bonds is 2. The van der Waals surface area contributed by atoms with Crippen LogP contribution in [-0.4, -0.2) is 19.2 Å². The minimum absolute atomic E-state index is 0.0291. The Morgan fingerprint density at radius 1 is 1.15 bits per heavy atom. The number of benzene rings is 2. The zero-order valence-corrected chi connectivity index (χ0v) is 15.8. The summed E-state index contributed by atoms with van der Waals surface area (Å²) in [5, 5.41) is 0.803. The highest BCUT2D eigenvalue weighted by Gasteiger charge is 2.39. The summed E-state index contributed by atoms with van der Waals surface area (Å²) in [6.45, 7) is 2.88. The molecule has 0 radical (unpaired) electrons. The molecule has 2 aromatic carbocycles. The Bertz CT molecular complexity index is 845. The molecule has 136 valence electrons. The third kappa shape index (κ3) is 3.09. The normalized spacial score (nSPS) is 21.3. The van der Waals surface area contributed by atoms with Gasteiger partial charge in [0.15, 0.2) is 0 Å². The highest BCUT2D eigenvalue weighted by molar-refractivity contribution is 6.30. The summed E-state index contributed by atoms with van der Waals surface area (Å²) in [4.78, 5) is 12.0. The molecule has 0 saturated carbocycles. The number of hydrogen-bond acceptors (Lipinski definition) is 3. The van der Waals surface area contributed by atoms with Gasteiger partial charge in [0.05, 0.1) is 18.8 Å². The van der Waals surface area contributed by atoms with Crippen LogP contribution in [0.4, 0.5) is 0 Å². The molecule has 0 unspecified atom stereocenters. The predicted octanol–water partition coefficient (Wildman–Crippen LogP) is 5.12. The van der Waals surface area contributed by atoms with Crippen LogP contribution < -0.4 is 4.74 Å². The maximum absolute atomic E-state index is 12.0. The second-order valence-corrected chi connectivity index (χ2v) is 7.70. The summed E-state index contributed by atoms with van der Waals surface area (Å²) in [6.07, 6.45) is 5.27. The fourth-order valence-corrected chi connectivity index (χ4v) is 4.56. The van der Waals surface area contributed by atoms with Gasteiger partial charge in [-0.15, -0.1) is 0 Å². The summed E-state index contributed by atoms with van der Waals surface area (Å²) >= 11 is 6.21. The molecule has 2 aliphatic rings. The first-order chi connectivity index (χ1) is 12.6. The fraction of sp³-hybridized carbons (Fsp3) is 0.409. The number of hydrogen-bond donors (Lipinski definition) is 0. The molecule has 1 heterocycles. The van der Waals surface area contributed by atoms with Crippen LogP contribution in [-0.2, 0) is 23.0 Å². The van der Waals surface area contributed by atoms with E-state index in [0.29, 0.717) is 18.8 Å². The molecule has 1 aliphatic heterocycles. The molecule has 2 aromatic rings. The topological polar surface area (TPSA) is 35.5 Å². The van der Waals surface area contributed by atoms with Gasteiger partial charge in [0.2, 0.25) is 0 Å². The van der Waals surface area contributed by atoms with Crippen molar-refractivity contribution in [3.63, 3.8) is 0 Å². The molecule has 4 heteroatoms. The van der Waals surface area contributed by atoms with Crippen LogP contribution in [0.3, 0.4) is 0 Å². The Morgan fingerprint density at radius 3 is 2.88 bits per heavy atom. The van der Waals surface area contributed by atoms with Crippen molar-refractivity contribution in [2.24, 2.45) is 0 Å². The lowest BCUT2D eigenvalue weighted by molar-refractivity contribution is 0.0526. The first-order valence-corrected chi connectivity index (χ1v) is 9.71. The Morgan fingerprint density at radius 2 is 2.04 bits per heavy atom. The van der Waals surface area contributed by atoms with E-state index in [1.54, 1.807) is 6.07 Å². The molecule has 1 aliphatic carbocycles. The van der Waals surface area contributed by atoms with Gasteiger partial charge >= 0.3 is 5.97 Å². The monoisotopic (exact) mass is 370 g/mol. The molecule has 26 heavy (non-hydrogen) atoms. The zero-order valence-electron chi connectivity index (χ0n) is 15.0. The predicted molar refractivity (Wildman–Crippen MR) is 102 cm³/mol. The van der Waals surface area contributed by atoms with Gasteiger partial charge < -0.3 is 9.47 Å². The van der Waals surface area contributed by atoms with E-state index in [-0.39, 0.29) is 11.4 Å². The number of ether oxygens (including phenoxy) is 2. The number of carbonyl (C=O) groups is 1. The van der Waals surface area contributed by atoms with Crippen molar-refractivity contribution >= 4 is 17.6 Å². The Kier molecular flexibility index (Phi) is 4.66. The highest BCUT2D eigenvalue weighted by Crippen LogP contribution is 2.44. The lowest BCUT2D eigenvalue weighted by Gasteiger charge is -2.38. The van der Waals surface area contributed by atoms with E-state index in [0.717, 1.165) is 48.4 Å². The van der Waals surface area contributed by atoms with E-state index in [1.165, 1.54) is 11.1 Å². The van der Waals surface area contributed by atoms with Crippen molar-refractivity contribution in [3.05, 3.63) is 63.7 Å². The Labute approximate surface area is 159 Å². The van der Waals surface area contributed by atoms with Crippen molar-refractivity contribution in [2.75, 3.05) is 13.2 Å². The third-order valence-electron chi connectivity index (χ3n) is 5.69. The van der Waals surface area contributed by atoms with E-state index in [1.807, 2.05) is 25.1 Å². The molecule has 0 bridgehead atoms. The second-order valence-electron chi connectivity index (χ2n) is 7.27. The minimum atomic E-state index is -0.271. The molecule has 0 aromatic heterocycles. The number of esters is 1. The summed E-state index contributed by atoms with van der Waals surface area (Å²) in [5.74, 6) is 0.614. The Balaban J connectivity index is 1.64. The molecule has 0 amide bonds. The van der Waals surface area contributed by atoms with Crippen LogP contribution >= 0.6 is 11.6 Å². The SMILES string of the molecule is CCOC(=O)c1ccc2c(c1)CC[C@@]1(CCCc3cc(Cl)ccc31)CO2.